The van der Waals surface area contributed by atoms with E-state index in [9.17, 15) is 9.59 Å². The molecule has 1 aromatic heterocycles. The molecule has 0 saturated heterocycles. The number of benzene rings is 2. The number of nitrogens with one attached hydrogen (secondary N) is 1. The first-order valence-electron chi connectivity index (χ1n) is 7.33. The monoisotopic (exact) mass is 402 g/mol. The molecule has 0 radical (unpaired) electrons. The number of aromatic nitrogens is 1. The maximum absolute atomic E-state index is 12.5. The molecule has 122 valence electrons. The highest BCUT2D eigenvalue weighted by Gasteiger charge is 2.34. The second-order valence-electron chi connectivity index (χ2n) is 5.64. The minimum Gasteiger partial charge on any atom is -0.349 e. The van der Waals surface area contributed by atoms with Crippen molar-refractivity contribution in [3.63, 3.8) is 0 Å². The number of hydrogen-bond acceptors (Lipinski definition) is 3. The third kappa shape index (κ3) is 2.06. The molecule has 1 N–H and O–H groups in total. The number of imide groups is 1. The standard InChI is InChI=1S/C18H13BrN2O2S.H2/c1-21-8-11(19)15-12(21)7-10(9-5-3-4-6-13(9)24-2)14-16(15)18(23)20-17(14)22;/h3-8H,1-2H3,(H,20,22,23);1H. The smallest absolute Gasteiger partial charge is 0.259 e. The molecule has 6 heteroatoms. The Morgan fingerprint density at radius 2 is 1.83 bits per heavy atom. The van der Waals surface area contributed by atoms with E-state index >= 15 is 0 Å². The van der Waals surface area contributed by atoms with Crippen molar-refractivity contribution in [3.05, 3.63) is 52.1 Å². The van der Waals surface area contributed by atoms with E-state index in [1.165, 1.54) is 0 Å². The van der Waals surface area contributed by atoms with Crippen LogP contribution in [0.1, 0.15) is 22.1 Å². The topological polar surface area (TPSA) is 51.1 Å². The van der Waals surface area contributed by atoms with Gasteiger partial charge in [0.05, 0.1) is 16.6 Å². The van der Waals surface area contributed by atoms with Crippen LogP contribution in [-0.2, 0) is 7.05 Å². The molecule has 0 aliphatic carbocycles. The number of thioether (sulfide) groups is 1. The average molecular weight is 403 g/mol. The average Bonchev–Trinajstić information content (AvgIpc) is 3.03. The highest BCUT2D eigenvalue weighted by Crippen LogP contribution is 2.41. The highest BCUT2D eigenvalue weighted by molar-refractivity contribution is 9.10. The molecule has 0 bridgehead atoms. The summed E-state index contributed by atoms with van der Waals surface area (Å²) < 4.78 is 2.77. The van der Waals surface area contributed by atoms with Crippen molar-refractivity contribution in [2.24, 2.45) is 7.05 Å². The molecule has 4 rings (SSSR count). The molecule has 0 saturated carbocycles. The zero-order valence-corrected chi connectivity index (χ0v) is 15.4. The van der Waals surface area contributed by atoms with Gasteiger partial charge in [0.2, 0.25) is 0 Å². The van der Waals surface area contributed by atoms with Crippen molar-refractivity contribution in [1.82, 2.24) is 9.88 Å². The Kier molecular flexibility index (Phi) is 3.54. The van der Waals surface area contributed by atoms with Gasteiger partial charge in [-0.1, -0.05) is 18.2 Å². The van der Waals surface area contributed by atoms with Crippen LogP contribution >= 0.6 is 27.7 Å². The minimum atomic E-state index is -0.338. The summed E-state index contributed by atoms with van der Waals surface area (Å²) in [7, 11) is 1.93. The van der Waals surface area contributed by atoms with Crippen LogP contribution in [0, 0.1) is 0 Å². The maximum atomic E-state index is 12.5. The van der Waals surface area contributed by atoms with E-state index in [1.807, 2.05) is 54.4 Å². The first-order valence-corrected chi connectivity index (χ1v) is 9.35. The molecule has 0 atom stereocenters. The van der Waals surface area contributed by atoms with Crippen molar-refractivity contribution in [2.75, 3.05) is 6.26 Å². The molecule has 4 nitrogen and oxygen atoms in total. The van der Waals surface area contributed by atoms with Gasteiger partial charge in [-0.15, -0.1) is 11.8 Å². The highest BCUT2D eigenvalue weighted by atomic mass is 79.9. The first kappa shape index (κ1) is 15.5. The Balaban J connectivity index is 0.00000182. The summed E-state index contributed by atoms with van der Waals surface area (Å²) in [4.78, 5) is 26.0. The van der Waals surface area contributed by atoms with Gasteiger partial charge in [0.25, 0.3) is 11.8 Å². The Bertz CT molecular complexity index is 1050. The lowest BCUT2D eigenvalue weighted by molar-refractivity contribution is 0.0880. The van der Waals surface area contributed by atoms with E-state index in [0.717, 1.165) is 31.4 Å². The molecule has 3 aromatic rings. The number of amides is 2. The van der Waals surface area contributed by atoms with Gasteiger partial charge in [0.15, 0.2) is 0 Å². The van der Waals surface area contributed by atoms with Gasteiger partial charge in [0.1, 0.15) is 0 Å². The van der Waals surface area contributed by atoms with Crippen molar-refractivity contribution >= 4 is 50.4 Å². The number of rotatable bonds is 2. The minimum absolute atomic E-state index is 0. The van der Waals surface area contributed by atoms with Gasteiger partial charge in [0, 0.05) is 29.4 Å². The van der Waals surface area contributed by atoms with E-state index in [0.29, 0.717) is 11.1 Å². The van der Waals surface area contributed by atoms with Crippen LogP contribution in [0.4, 0.5) is 0 Å². The molecule has 0 fully saturated rings. The van der Waals surface area contributed by atoms with E-state index in [4.69, 9.17) is 0 Å². The molecule has 2 aromatic carbocycles. The third-order valence-electron chi connectivity index (χ3n) is 4.31. The molecule has 24 heavy (non-hydrogen) atoms. The summed E-state index contributed by atoms with van der Waals surface area (Å²) in [6.07, 6.45) is 3.91. The van der Waals surface area contributed by atoms with E-state index < -0.39 is 0 Å². The number of carbonyl (C=O) groups excluding carboxylic acids is 2. The van der Waals surface area contributed by atoms with Crippen molar-refractivity contribution < 1.29 is 11.0 Å². The number of fused-ring (bicyclic) bond motifs is 3. The molecule has 0 spiro atoms. The van der Waals surface area contributed by atoms with Crippen LogP contribution in [0.5, 0.6) is 0 Å². The van der Waals surface area contributed by atoms with Gasteiger partial charge in [-0.25, -0.2) is 0 Å². The van der Waals surface area contributed by atoms with Gasteiger partial charge in [-0.2, -0.15) is 0 Å². The quantitative estimate of drug-likeness (QED) is 0.508. The van der Waals surface area contributed by atoms with Crippen molar-refractivity contribution in [3.8, 4) is 11.1 Å². The number of halogens is 1. The maximum Gasteiger partial charge on any atom is 0.259 e. The van der Waals surface area contributed by atoms with Gasteiger partial charge < -0.3 is 4.57 Å². The summed E-state index contributed by atoms with van der Waals surface area (Å²) in [6.45, 7) is 0. The fourth-order valence-corrected chi connectivity index (χ4v) is 4.58. The molecule has 2 heterocycles. The molecule has 0 unspecified atom stereocenters. The third-order valence-corrected chi connectivity index (χ3v) is 5.71. The number of nitrogens with zero attached hydrogens (tertiary/aromatic N) is 1. The summed E-state index contributed by atoms with van der Waals surface area (Å²) in [5, 5.41) is 3.22. The van der Waals surface area contributed by atoms with Crippen LogP contribution in [0.15, 0.2) is 45.9 Å². The Labute approximate surface area is 152 Å². The lowest BCUT2D eigenvalue weighted by atomic mass is 9.94. The Morgan fingerprint density at radius 1 is 1.12 bits per heavy atom. The van der Waals surface area contributed by atoms with Gasteiger partial charge >= 0.3 is 0 Å². The van der Waals surface area contributed by atoms with Crippen LogP contribution in [-0.4, -0.2) is 22.6 Å². The van der Waals surface area contributed by atoms with Crippen LogP contribution < -0.4 is 5.32 Å². The zero-order valence-electron chi connectivity index (χ0n) is 13.0. The second kappa shape index (κ2) is 5.50. The lowest BCUT2D eigenvalue weighted by Gasteiger charge is -2.12. The SMILES string of the molecule is CSc1ccccc1-c1cc2c(c(Br)cn2C)c2c1C(=O)NC2=O.[HH]. The normalized spacial score (nSPS) is 13.5. The summed E-state index contributed by atoms with van der Waals surface area (Å²) >= 11 is 5.13. The Hall–Kier alpha value is -2.05. The van der Waals surface area contributed by atoms with E-state index in [2.05, 4.69) is 21.2 Å². The second-order valence-corrected chi connectivity index (χ2v) is 7.34. The van der Waals surface area contributed by atoms with Crippen molar-refractivity contribution in [1.29, 1.82) is 0 Å². The fourth-order valence-electron chi connectivity index (χ4n) is 3.26. The lowest BCUT2D eigenvalue weighted by Crippen LogP contribution is -2.20. The molecular formula is C18H15BrN2O2S. The molecule has 2 amide bonds. The summed E-state index contributed by atoms with van der Waals surface area (Å²) in [5.74, 6) is -0.672. The van der Waals surface area contributed by atoms with Gasteiger partial charge in [-0.3, -0.25) is 14.9 Å². The van der Waals surface area contributed by atoms with Gasteiger partial charge in [-0.05, 0) is 45.4 Å². The number of hydrogen-bond donors (Lipinski definition) is 1. The fraction of sp³-hybridized carbons (Fsp3) is 0.111. The van der Waals surface area contributed by atoms with Crippen molar-refractivity contribution in [2.45, 2.75) is 4.90 Å². The first-order chi connectivity index (χ1) is 11.5. The molecule has 1 aliphatic rings. The van der Waals surface area contributed by atoms with Crippen LogP contribution in [0.3, 0.4) is 0 Å². The molecule has 1 aliphatic heterocycles. The van der Waals surface area contributed by atoms with E-state index in [1.54, 1.807) is 11.8 Å². The summed E-state index contributed by atoms with van der Waals surface area (Å²) in [5.41, 5.74) is 3.58. The van der Waals surface area contributed by atoms with Crippen LogP contribution in [0.2, 0.25) is 0 Å². The summed E-state index contributed by atoms with van der Waals surface area (Å²) in [6, 6.07) is 9.92. The number of carbonyl (C=O) groups is 2. The number of aryl methyl sites for hydroxylation is 1. The largest absolute Gasteiger partial charge is 0.349 e. The predicted molar refractivity (Wildman–Crippen MR) is 102 cm³/mol. The molecular weight excluding hydrogens is 388 g/mol. The van der Waals surface area contributed by atoms with Crippen LogP contribution in [0.25, 0.3) is 22.0 Å². The predicted octanol–water partition coefficient (Wildman–Crippen LogP) is 4.46. The van der Waals surface area contributed by atoms with E-state index in [-0.39, 0.29) is 13.2 Å². The zero-order chi connectivity index (χ0) is 17.0. The Morgan fingerprint density at radius 3 is 2.58 bits per heavy atom.